The first-order chi connectivity index (χ1) is 11.4. The van der Waals surface area contributed by atoms with Crippen LogP contribution in [-0.2, 0) is 19.2 Å². The Morgan fingerprint density at radius 3 is 2.50 bits per heavy atom. The number of carbonyl (C=O) groups is 3. The SMILES string of the molecule is CCSC1(C2CC(=O)C(C(=O)/C(C)=N/OC/C=C/Cl)C(=O)C2)CC1. The van der Waals surface area contributed by atoms with Gasteiger partial charge in [0.2, 0.25) is 0 Å². The molecule has 5 nitrogen and oxygen atoms in total. The molecule has 2 fully saturated rings. The summed E-state index contributed by atoms with van der Waals surface area (Å²) >= 11 is 7.19. The quantitative estimate of drug-likeness (QED) is 0.283. The van der Waals surface area contributed by atoms with Crippen molar-refractivity contribution in [3.05, 3.63) is 11.6 Å². The first-order valence-corrected chi connectivity index (χ1v) is 9.52. The van der Waals surface area contributed by atoms with Gasteiger partial charge in [-0.1, -0.05) is 23.7 Å². The summed E-state index contributed by atoms with van der Waals surface area (Å²) in [6.45, 7) is 3.66. The normalized spacial score (nSPS) is 26.7. The molecule has 0 saturated heterocycles. The zero-order valence-electron chi connectivity index (χ0n) is 13.9. The number of halogens is 1. The molecule has 2 aliphatic carbocycles. The Hall–Kier alpha value is -1.14. The van der Waals surface area contributed by atoms with Crippen LogP contribution >= 0.6 is 23.4 Å². The lowest BCUT2D eigenvalue weighted by atomic mass is 9.75. The Labute approximate surface area is 151 Å². The van der Waals surface area contributed by atoms with Gasteiger partial charge in [-0.2, -0.15) is 11.8 Å². The van der Waals surface area contributed by atoms with Gasteiger partial charge in [0.1, 0.15) is 18.2 Å². The lowest BCUT2D eigenvalue weighted by Gasteiger charge is -2.31. The summed E-state index contributed by atoms with van der Waals surface area (Å²) < 4.78 is 0.0776. The number of Topliss-reactive ketones (excluding diaryl/α,β-unsaturated/α-hetero) is 3. The van der Waals surface area contributed by atoms with Crippen molar-refractivity contribution < 1.29 is 19.2 Å². The molecule has 2 saturated carbocycles. The van der Waals surface area contributed by atoms with Gasteiger partial charge in [0.25, 0.3) is 0 Å². The Morgan fingerprint density at radius 1 is 1.38 bits per heavy atom. The van der Waals surface area contributed by atoms with Crippen LogP contribution in [0.3, 0.4) is 0 Å². The van der Waals surface area contributed by atoms with Crippen LogP contribution in [0.2, 0.25) is 0 Å². The average molecular weight is 372 g/mol. The van der Waals surface area contributed by atoms with E-state index >= 15 is 0 Å². The van der Waals surface area contributed by atoms with Gasteiger partial charge in [0.05, 0.1) is 0 Å². The minimum absolute atomic E-state index is 0.0344. The lowest BCUT2D eigenvalue weighted by molar-refractivity contribution is -0.141. The maximum atomic E-state index is 12.4. The standard InChI is InChI=1S/C17H22ClNO4S/c1-3-24-17(5-6-17)12-9-13(20)15(14(21)10-12)16(22)11(2)19-23-8-4-7-18/h4,7,12,15H,3,5-6,8-10H2,1-2H3/b7-4+,19-11+. The fourth-order valence-corrected chi connectivity index (χ4v) is 4.63. The third-order valence-corrected chi connectivity index (χ3v) is 6.32. The van der Waals surface area contributed by atoms with Crippen LogP contribution in [0.25, 0.3) is 0 Å². The summed E-state index contributed by atoms with van der Waals surface area (Å²) in [6.07, 6.45) is 4.23. The molecule has 132 valence electrons. The van der Waals surface area contributed by atoms with E-state index in [-0.39, 0.29) is 34.5 Å². The largest absolute Gasteiger partial charge is 0.391 e. The van der Waals surface area contributed by atoms with Gasteiger partial charge in [0, 0.05) is 23.1 Å². The molecule has 0 aromatic rings. The molecule has 0 heterocycles. The number of thioether (sulfide) groups is 1. The van der Waals surface area contributed by atoms with E-state index in [1.165, 1.54) is 18.5 Å². The number of ketones is 3. The second-order valence-corrected chi connectivity index (χ2v) is 8.10. The van der Waals surface area contributed by atoms with Crippen LogP contribution < -0.4 is 0 Å². The van der Waals surface area contributed by atoms with E-state index in [0.29, 0.717) is 12.8 Å². The van der Waals surface area contributed by atoms with Crippen molar-refractivity contribution in [1.29, 1.82) is 0 Å². The van der Waals surface area contributed by atoms with Gasteiger partial charge in [-0.15, -0.1) is 0 Å². The topological polar surface area (TPSA) is 72.8 Å². The molecule has 2 rings (SSSR count). The first kappa shape index (κ1) is 19.2. The molecule has 7 heteroatoms. The lowest BCUT2D eigenvalue weighted by Crippen LogP contribution is -2.43. The minimum atomic E-state index is -1.21. The Kier molecular flexibility index (Phi) is 6.63. The highest BCUT2D eigenvalue weighted by molar-refractivity contribution is 8.00. The van der Waals surface area contributed by atoms with E-state index in [0.717, 1.165) is 18.6 Å². The fourth-order valence-electron chi connectivity index (χ4n) is 3.19. The average Bonchev–Trinajstić information content (AvgIpc) is 3.31. The van der Waals surface area contributed by atoms with E-state index in [4.69, 9.17) is 16.4 Å². The summed E-state index contributed by atoms with van der Waals surface area (Å²) in [5.74, 6) is -1.28. The van der Waals surface area contributed by atoms with Crippen molar-refractivity contribution in [1.82, 2.24) is 0 Å². The molecule has 24 heavy (non-hydrogen) atoms. The van der Waals surface area contributed by atoms with Gasteiger partial charge in [0.15, 0.2) is 17.3 Å². The van der Waals surface area contributed by atoms with Crippen molar-refractivity contribution in [2.75, 3.05) is 12.4 Å². The van der Waals surface area contributed by atoms with Crippen molar-refractivity contribution in [2.45, 2.75) is 44.3 Å². The molecule has 0 radical (unpaired) electrons. The van der Waals surface area contributed by atoms with Gasteiger partial charge in [-0.05, 0) is 37.5 Å². The number of rotatable bonds is 8. The predicted octanol–water partition coefficient (Wildman–Crippen LogP) is 3.15. The van der Waals surface area contributed by atoms with Gasteiger partial charge >= 0.3 is 0 Å². The molecule has 0 N–H and O–H groups in total. The van der Waals surface area contributed by atoms with E-state index in [1.807, 2.05) is 11.8 Å². The van der Waals surface area contributed by atoms with Crippen LogP contribution in [0.5, 0.6) is 0 Å². The van der Waals surface area contributed by atoms with Crippen molar-refractivity contribution in [3.63, 3.8) is 0 Å². The van der Waals surface area contributed by atoms with E-state index in [2.05, 4.69) is 12.1 Å². The highest BCUT2D eigenvalue weighted by atomic mass is 35.5. The number of hydrogen-bond acceptors (Lipinski definition) is 6. The molecule has 0 bridgehead atoms. The van der Waals surface area contributed by atoms with Gasteiger partial charge in [-0.3, -0.25) is 14.4 Å². The summed E-state index contributed by atoms with van der Waals surface area (Å²) in [5.41, 5.74) is 1.32. The third kappa shape index (κ3) is 4.28. The number of carbonyl (C=O) groups excluding carboxylic acids is 3. The zero-order chi connectivity index (χ0) is 17.7. The van der Waals surface area contributed by atoms with Crippen molar-refractivity contribution >= 4 is 46.4 Å². The summed E-state index contributed by atoms with van der Waals surface area (Å²) in [5, 5.41) is 3.66. The maximum Gasteiger partial charge on any atom is 0.198 e. The molecule has 2 aliphatic rings. The van der Waals surface area contributed by atoms with Gasteiger partial charge < -0.3 is 4.84 Å². The molecule has 0 unspecified atom stereocenters. The van der Waals surface area contributed by atoms with E-state index in [9.17, 15) is 14.4 Å². The molecule has 0 aromatic carbocycles. The molecule has 0 amide bonds. The summed E-state index contributed by atoms with van der Waals surface area (Å²) in [4.78, 5) is 42.2. The number of hydrogen-bond donors (Lipinski definition) is 0. The van der Waals surface area contributed by atoms with E-state index in [1.54, 1.807) is 0 Å². The molecular formula is C17H22ClNO4S. The van der Waals surface area contributed by atoms with Crippen LogP contribution in [-0.4, -0.2) is 40.2 Å². The zero-order valence-corrected chi connectivity index (χ0v) is 15.5. The first-order valence-electron chi connectivity index (χ1n) is 8.10. The molecule has 0 spiro atoms. The number of nitrogens with zero attached hydrogens (tertiary/aromatic N) is 1. The molecule has 0 atom stereocenters. The van der Waals surface area contributed by atoms with Crippen LogP contribution in [0.1, 0.15) is 39.5 Å². The Balaban J connectivity index is 2.01. The molecule has 0 aromatic heterocycles. The minimum Gasteiger partial charge on any atom is -0.391 e. The third-order valence-electron chi connectivity index (χ3n) is 4.54. The highest BCUT2D eigenvalue weighted by Gasteiger charge is 2.54. The highest BCUT2D eigenvalue weighted by Crippen LogP contribution is 2.57. The van der Waals surface area contributed by atoms with Crippen molar-refractivity contribution in [3.8, 4) is 0 Å². The van der Waals surface area contributed by atoms with Gasteiger partial charge in [-0.25, -0.2) is 0 Å². The van der Waals surface area contributed by atoms with Crippen LogP contribution in [0.15, 0.2) is 16.8 Å². The smallest absolute Gasteiger partial charge is 0.198 e. The summed E-state index contributed by atoms with van der Waals surface area (Å²) in [6, 6.07) is 0. The van der Waals surface area contributed by atoms with Crippen molar-refractivity contribution in [2.24, 2.45) is 17.0 Å². The second kappa shape index (κ2) is 8.30. The van der Waals surface area contributed by atoms with E-state index < -0.39 is 11.7 Å². The monoisotopic (exact) mass is 371 g/mol. The summed E-state index contributed by atoms with van der Waals surface area (Å²) in [7, 11) is 0. The predicted molar refractivity (Wildman–Crippen MR) is 95.4 cm³/mol. The van der Waals surface area contributed by atoms with Crippen LogP contribution in [0, 0.1) is 11.8 Å². The molecule has 0 aliphatic heterocycles. The maximum absolute atomic E-state index is 12.4. The Morgan fingerprint density at radius 2 is 2.00 bits per heavy atom. The number of oxime groups is 1. The fraction of sp³-hybridized carbons (Fsp3) is 0.647. The second-order valence-electron chi connectivity index (χ2n) is 6.17. The molecular weight excluding hydrogens is 350 g/mol. The Bertz CT molecular complexity index is 565. The van der Waals surface area contributed by atoms with Crippen LogP contribution in [0.4, 0.5) is 0 Å².